The maximum absolute atomic E-state index is 12.4. The monoisotopic (exact) mass is 372 g/mol. The van der Waals surface area contributed by atoms with Crippen LogP contribution in [0.3, 0.4) is 0 Å². The number of pyridine rings is 1. The number of halogens is 1. The summed E-state index contributed by atoms with van der Waals surface area (Å²) in [7, 11) is 0. The van der Waals surface area contributed by atoms with Gasteiger partial charge in [-0.3, -0.25) is 9.20 Å². The van der Waals surface area contributed by atoms with Gasteiger partial charge in [-0.15, -0.1) is 0 Å². The molecule has 0 aliphatic rings. The van der Waals surface area contributed by atoms with Crippen molar-refractivity contribution in [3.05, 3.63) is 106 Å². The van der Waals surface area contributed by atoms with E-state index in [1.807, 2.05) is 55.5 Å². The van der Waals surface area contributed by atoms with Crippen LogP contribution in [-0.4, -0.2) is 9.38 Å². The molecular weight excluding hydrogens is 356 g/mol. The van der Waals surface area contributed by atoms with Crippen molar-refractivity contribution in [2.75, 3.05) is 0 Å². The second kappa shape index (κ2) is 7.22. The molecule has 0 radical (unpaired) electrons. The molecule has 0 unspecified atom stereocenters. The maximum atomic E-state index is 12.4. The summed E-state index contributed by atoms with van der Waals surface area (Å²) >= 11 is 6.46. The van der Waals surface area contributed by atoms with E-state index >= 15 is 0 Å². The molecular formula is C23H17ClN2O. The van der Waals surface area contributed by atoms with Gasteiger partial charge >= 0.3 is 0 Å². The first-order valence-corrected chi connectivity index (χ1v) is 9.02. The molecule has 3 nitrogen and oxygen atoms in total. The molecule has 0 N–H and O–H groups in total. The zero-order valence-corrected chi connectivity index (χ0v) is 15.5. The van der Waals surface area contributed by atoms with Crippen molar-refractivity contribution in [3.8, 4) is 11.1 Å². The van der Waals surface area contributed by atoms with Crippen LogP contribution in [0.4, 0.5) is 0 Å². The highest BCUT2D eigenvalue weighted by molar-refractivity contribution is 6.51. The van der Waals surface area contributed by atoms with Gasteiger partial charge in [0.25, 0.3) is 5.56 Å². The van der Waals surface area contributed by atoms with E-state index in [2.05, 4.69) is 29.2 Å². The number of aryl methyl sites for hydroxylation is 1. The average Bonchev–Trinajstić information content (AvgIpc) is 2.69. The molecule has 0 aliphatic heterocycles. The van der Waals surface area contributed by atoms with Crippen molar-refractivity contribution in [2.45, 2.75) is 6.92 Å². The molecule has 0 aliphatic carbocycles. The standard InChI is InChI=1S/C23H17ClN2O/c1-16-6-5-9-22-25-21(15-23(27)26(16)22)20(24)14-17-10-12-19(13-11-17)18-7-3-2-4-8-18/h2-15H,1H3/b20-14-. The quantitative estimate of drug-likeness (QED) is 0.482. The molecule has 4 heteroatoms. The van der Waals surface area contributed by atoms with E-state index in [9.17, 15) is 4.79 Å². The topological polar surface area (TPSA) is 34.4 Å². The Morgan fingerprint density at radius 2 is 1.63 bits per heavy atom. The van der Waals surface area contributed by atoms with Gasteiger partial charge in [-0.05, 0) is 41.8 Å². The second-order valence-corrected chi connectivity index (χ2v) is 6.73. The summed E-state index contributed by atoms with van der Waals surface area (Å²) < 4.78 is 1.57. The van der Waals surface area contributed by atoms with Crippen molar-refractivity contribution in [1.29, 1.82) is 0 Å². The number of benzene rings is 2. The predicted octanol–water partition coefficient (Wildman–Crippen LogP) is 5.41. The molecule has 0 fully saturated rings. The predicted molar refractivity (Wildman–Crippen MR) is 112 cm³/mol. The minimum atomic E-state index is -0.140. The van der Waals surface area contributed by atoms with Crippen LogP contribution in [0.15, 0.2) is 83.7 Å². The summed E-state index contributed by atoms with van der Waals surface area (Å²) in [5, 5.41) is 0.434. The van der Waals surface area contributed by atoms with Crippen LogP contribution >= 0.6 is 11.6 Å². The van der Waals surface area contributed by atoms with Crippen molar-refractivity contribution in [2.24, 2.45) is 0 Å². The van der Waals surface area contributed by atoms with Gasteiger partial charge in [-0.1, -0.05) is 72.3 Å². The van der Waals surface area contributed by atoms with Gasteiger partial charge in [-0.25, -0.2) is 4.98 Å². The molecule has 0 spiro atoms. The minimum absolute atomic E-state index is 0.140. The lowest BCUT2D eigenvalue weighted by Crippen LogP contribution is -2.16. The Morgan fingerprint density at radius 1 is 0.926 bits per heavy atom. The maximum Gasteiger partial charge on any atom is 0.258 e. The van der Waals surface area contributed by atoms with Crippen molar-refractivity contribution in [3.63, 3.8) is 0 Å². The summed E-state index contributed by atoms with van der Waals surface area (Å²) in [6, 6.07) is 25.3. The highest BCUT2D eigenvalue weighted by Crippen LogP contribution is 2.23. The SMILES string of the molecule is Cc1cccc2nc(/C(Cl)=C/c3ccc(-c4ccccc4)cc3)cc(=O)n12. The third-order valence-electron chi connectivity index (χ3n) is 4.44. The fourth-order valence-corrected chi connectivity index (χ4v) is 3.28. The van der Waals surface area contributed by atoms with E-state index in [-0.39, 0.29) is 5.56 Å². The molecule has 0 bridgehead atoms. The fraction of sp³-hybridized carbons (Fsp3) is 0.0435. The van der Waals surface area contributed by atoms with Crippen LogP contribution in [-0.2, 0) is 0 Å². The van der Waals surface area contributed by atoms with Gasteiger partial charge in [0.05, 0.1) is 10.7 Å². The van der Waals surface area contributed by atoms with Crippen LogP contribution in [0.1, 0.15) is 17.0 Å². The molecule has 0 atom stereocenters. The molecule has 2 heterocycles. The van der Waals surface area contributed by atoms with Crippen molar-refractivity contribution in [1.82, 2.24) is 9.38 Å². The third kappa shape index (κ3) is 3.55. The third-order valence-corrected chi connectivity index (χ3v) is 4.74. The molecule has 0 saturated carbocycles. The van der Waals surface area contributed by atoms with E-state index in [1.165, 1.54) is 11.6 Å². The summed E-state index contributed by atoms with van der Waals surface area (Å²) in [5.74, 6) is 0. The molecule has 27 heavy (non-hydrogen) atoms. The fourth-order valence-electron chi connectivity index (χ4n) is 3.06. The van der Waals surface area contributed by atoms with Crippen molar-refractivity contribution >= 4 is 28.4 Å². The Bertz CT molecular complexity index is 1190. The zero-order chi connectivity index (χ0) is 18.8. The summed E-state index contributed by atoms with van der Waals surface area (Å²) in [4.78, 5) is 16.9. The van der Waals surface area contributed by atoms with E-state index in [0.29, 0.717) is 16.4 Å². The first-order chi connectivity index (χ1) is 13.1. The average molecular weight is 373 g/mol. The molecule has 0 amide bonds. The smallest absolute Gasteiger partial charge is 0.258 e. The molecule has 2 aromatic heterocycles. The Morgan fingerprint density at radius 3 is 2.37 bits per heavy atom. The number of nitrogens with zero attached hydrogens (tertiary/aromatic N) is 2. The van der Waals surface area contributed by atoms with Crippen LogP contribution in [0, 0.1) is 6.92 Å². The van der Waals surface area contributed by atoms with E-state index in [4.69, 9.17) is 11.6 Å². The van der Waals surface area contributed by atoms with Gasteiger partial charge in [0.1, 0.15) is 5.65 Å². The molecule has 4 rings (SSSR count). The Labute approximate surface area is 162 Å². The van der Waals surface area contributed by atoms with Crippen LogP contribution in [0.5, 0.6) is 0 Å². The van der Waals surface area contributed by atoms with Crippen LogP contribution in [0.25, 0.3) is 27.9 Å². The van der Waals surface area contributed by atoms with Crippen LogP contribution < -0.4 is 5.56 Å². The van der Waals surface area contributed by atoms with Gasteiger partial charge < -0.3 is 0 Å². The minimum Gasteiger partial charge on any atom is -0.269 e. The Balaban J connectivity index is 1.68. The number of fused-ring (bicyclic) bond motifs is 1. The molecule has 2 aromatic carbocycles. The summed E-state index contributed by atoms with van der Waals surface area (Å²) in [6.07, 6.45) is 1.82. The normalized spacial score (nSPS) is 11.7. The van der Waals surface area contributed by atoms with E-state index in [0.717, 1.165) is 16.8 Å². The molecule has 0 saturated heterocycles. The largest absolute Gasteiger partial charge is 0.269 e. The number of rotatable bonds is 3. The van der Waals surface area contributed by atoms with Crippen LogP contribution in [0.2, 0.25) is 0 Å². The second-order valence-electron chi connectivity index (χ2n) is 6.32. The van der Waals surface area contributed by atoms with Crippen molar-refractivity contribution < 1.29 is 0 Å². The first-order valence-electron chi connectivity index (χ1n) is 8.64. The molecule has 4 aromatic rings. The van der Waals surface area contributed by atoms with E-state index < -0.39 is 0 Å². The zero-order valence-electron chi connectivity index (χ0n) is 14.8. The Kier molecular flexibility index (Phi) is 4.61. The Hall–Kier alpha value is -3.17. The first kappa shape index (κ1) is 17.3. The molecule has 132 valence electrons. The van der Waals surface area contributed by atoms with E-state index in [1.54, 1.807) is 10.5 Å². The summed E-state index contributed by atoms with van der Waals surface area (Å²) in [6.45, 7) is 1.88. The lowest BCUT2D eigenvalue weighted by molar-refractivity contribution is 0.986. The van der Waals surface area contributed by atoms with Gasteiger partial charge in [0.15, 0.2) is 0 Å². The summed E-state index contributed by atoms with van der Waals surface area (Å²) in [5.41, 5.74) is 5.01. The highest BCUT2D eigenvalue weighted by atomic mass is 35.5. The number of aromatic nitrogens is 2. The van der Waals surface area contributed by atoms with Gasteiger partial charge in [0.2, 0.25) is 0 Å². The van der Waals surface area contributed by atoms with Gasteiger partial charge in [0, 0.05) is 11.8 Å². The highest BCUT2D eigenvalue weighted by Gasteiger charge is 2.07. The van der Waals surface area contributed by atoms with Gasteiger partial charge in [-0.2, -0.15) is 0 Å². The lowest BCUT2D eigenvalue weighted by atomic mass is 10.0. The lowest BCUT2D eigenvalue weighted by Gasteiger charge is -2.06. The number of hydrogen-bond acceptors (Lipinski definition) is 2. The number of hydrogen-bond donors (Lipinski definition) is 0.